The Morgan fingerprint density at radius 1 is 1.13 bits per heavy atom. The van der Waals surface area contributed by atoms with Crippen LogP contribution in [0, 0.1) is 0 Å². The minimum atomic E-state index is -0.338. The fourth-order valence-corrected chi connectivity index (χ4v) is 5.46. The number of thiophene rings is 1. The van der Waals surface area contributed by atoms with E-state index >= 15 is 0 Å². The van der Waals surface area contributed by atoms with Crippen LogP contribution in [-0.4, -0.2) is 31.6 Å². The number of ether oxygens (including phenoxy) is 1. The minimum Gasteiger partial charge on any atom is -0.462 e. The standard InChI is InChI=1S/C24H26N2O3S/c1-3-26-13-12-19-20(15-26)30-23(22(19)24(28)29-4-2)25-21(27)14-17-10-7-9-16-8-5-6-11-18(16)17/h5-11H,3-4,12-15H2,1-2H3,(H,25,27)/p+1. The maximum absolute atomic E-state index is 12.9. The maximum Gasteiger partial charge on any atom is 0.341 e. The van der Waals surface area contributed by atoms with Crippen LogP contribution in [0.1, 0.15) is 40.2 Å². The molecule has 156 valence electrons. The Morgan fingerprint density at radius 2 is 1.93 bits per heavy atom. The maximum atomic E-state index is 12.9. The topological polar surface area (TPSA) is 59.8 Å². The van der Waals surface area contributed by atoms with Gasteiger partial charge in [0.2, 0.25) is 5.91 Å². The minimum absolute atomic E-state index is 0.116. The summed E-state index contributed by atoms with van der Waals surface area (Å²) in [5.74, 6) is -0.453. The summed E-state index contributed by atoms with van der Waals surface area (Å²) in [5.41, 5.74) is 2.58. The fraction of sp³-hybridized carbons (Fsp3) is 0.333. The van der Waals surface area contributed by atoms with E-state index in [0.717, 1.165) is 48.0 Å². The third kappa shape index (κ3) is 4.11. The highest BCUT2D eigenvalue weighted by Crippen LogP contribution is 2.35. The van der Waals surface area contributed by atoms with Crippen molar-refractivity contribution in [3.8, 4) is 0 Å². The zero-order valence-corrected chi connectivity index (χ0v) is 18.2. The van der Waals surface area contributed by atoms with Gasteiger partial charge in [-0.1, -0.05) is 42.5 Å². The molecule has 0 saturated carbocycles. The Hall–Kier alpha value is -2.70. The van der Waals surface area contributed by atoms with Crippen LogP contribution >= 0.6 is 11.3 Å². The Kier molecular flexibility index (Phi) is 6.16. The molecule has 1 aliphatic rings. The normalized spacial score (nSPS) is 15.6. The van der Waals surface area contributed by atoms with Gasteiger partial charge in [0.25, 0.3) is 0 Å². The van der Waals surface area contributed by atoms with Crippen molar-refractivity contribution in [3.05, 3.63) is 64.0 Å². The second kappa shape index (κ2) is 8.98. The van der Waals surface area contributed by atoms with Crippen LogP contribution in [0.3, 0.4) is 0 Å². The van der Waals surface area contributed by atoms with Crippen LogP contribution in [0.2, 0.25) is 0 Å². The van der Waals surface area contributed by atoms with Crippen molar-refractivity contribution < 1.29 is 19.2 Å². The van der Waals surface area contributed by atoms with Crippen molar-refractivity contribution in [1.29, 1.82) is 0 Å². The van der Waals surface area contributed by atoms with Gasteiger partial charge in [0.15, 0.2) is 0 Å². The van der Waals surface area contributed by atoms with Gasteiger partial charge in [-0.15, -0.1) is 11.3 Å². The summed E-state index contributed by atoms with van der Waals surface area (Å²) < 4.78 is 5.31. The van der Waals surface area contributed by atoms with Gasteiger partial charge in [-0.05, 0) is 35.7 Å². The second-order valence-corrected chi connectivity index (χ2v) is 8.68. The number of quaternary nitrogens is 1. The average molecular weight is 424 g/mol. The summed E-state index contributed by atoms with van der Waals surface area (Å²) in [5, 5.41) is 5.84. The van der Waals surface area contributed by atoms with E-state index in [-0.39, 0.29) is 18.3 Å². The number of anilines is 1. The van der Waals surface area contributed by atoms with Crippen LogP contribution in [0.25, 0.3) is 10.8 Å². The van der Waals surface area contributed by atoms with E-state index in [2.05, 4.69) is 12.2 Å². The van der Waals surface area contributed by atoms with E-state index in [4.69, 9.17) is 4.74 Å². The fourth-order valence-electron chi connectivity index (χ4n) is 4.14. The Balaban J connectivity index is 1.61. The zero-order valence-electron chi connectivity index (χ0n) is 17.4. The average Bonchev–Trinajstić information content (AvgIpc) is 3.10. The number of likely N-dealkylation sites (N-methyl/N-ethyl adjacent to an activating group) is 1. The number of hydrogen-bond acceptors (Lipinski definition) is 4. The third-order valence-electron chi connectivity index (χ3n) is 5.69. The first-order valence-electron chi connectivity index (χ1n) is 10.5. The highest BCUT2D eigenvalue weighted by Gasteiger charge is 2.30. The summed E-state index contributed by atoms with van der Waals surface area (Å²) in [6, 6.07) is 14.1. The van der Waals surface area contributed by atoms with Crippen molar-refractivity contribution in [2.75, 3.05) is 25.0 Å². The molecule has 3 aromatic rings. The van der Waals surface area contributed by atoms with Crippen molar-refractivity contribution in [2.45, 2.75) is 33.2 Å². The van der Waals surface area contributed by atoms with Gasteiger partial charge in [-0.2, -0.15) is 0 Å². The number of rotatable bonds is 6. The molecule has 0 radical (unpaired) electrons. The van der Waals surface area contributed by atoms with E-state index < -0.39 is 0 Å². The van der Waals surface area contributed by atoms with Crippen LogP contribution < -0.4 is 10.2 Å². The van der Waals surface area contributed by atoms with E-state index in [9.17, 15) is 9.59 Å². The third-order valence-corrected chi connectivity index (χ3v) is 6.84. The molecule has 0 bridgehead atoms. The number of esters is 1. The largest absolute Gasteiger partial charge is 0.462 e. The molecule has 6 heteroatoms. The summed E-state index contributed by atoms with van der Waals surface area (Å²) in [6.45, 7) is 7.23. The summed E-state index contributed by atoms with van der Waals surface area (Å²) in [7, 11) is 0. The van der Waals surface area contributed by atoms with Crippen molar-refractivity contribution in [1.82, 2.24) is 0 Å². The van der Waals surface area contributed by atoms with E-state index in [1.165, 1.54) is 21.1 Å². The predicted octanol–water partition coefficient (Wildman–Crippen LogP) is 3.22. The van der Waals surface area contributed by atoms with E-state index in [1.807, 2.05) is 42.5 Å². The van der Waals surface area contributed by atoms with E-state index in [0.29, 0.717) is 17.2 Å². The van der Waals surface area contributed by atoms with Gasteiger partial charge in [0, 0.05) is 6.42 Å². The molecule has 2 aromatic carbocycles. The molecule has 30 heavy (non-hydrogen) atoms. The second-order valence-electron chi connectivity index (χ2n) is 7.57. The molecule has 5 nitrogen and oxygen atoms in total. The molecule has 1 amide bonds. The lowest BCUT2D eigenvalue weighted by Gasteiger charge is -2.22. The molecule has 4 rings (SSSR count). The first-order valence-corrected chi connectivity index (χ1v) is 11.3. The van der Waals surface area contributed by atoms with Crippen molar-refractivity contribution in [3.63, 3.8) is 0 Å². The number of hydrogen-bond donors (Lipinski definition) is 2. The highest BCUT2D eigenvalue weighted by molar-refractivity contribution is 7.17. The highest BCUT2D eigenvalue weighted by atomic mass is 32.1. The monoisotopic (exact) mass is 423 g/mol. The number of carbonyl (C=O) groups is 2. The SMILES string of the molecule is CCOC(=O)c1c(NC(=O)Cc2cccc3ccccc23)sc2c1CC[NH+](CC)C2. The molecule has 1 unspecified atom stereocenters. The summed E-state index contributed by atoms with van der Waals surface area (Å²) in [6.07, 6.45) is 1.10. The molecule has 1 aromatic heterocycles. The molecular weight excluding hydrogens is 396 g/mol. The van der Waals surface area contributed by atoms with Crippen molar-refractivity contribution >= 4 is 39.0 Å². The lowest BCUT2D eigenvalue weighted by atomic mass is 10.0. The molecule has 0 saturated heterocycles. The quantitative estimate of drug-likeness (QED) is 0.599. The Labute approximate surface area is 180 Å². The Bertz CT molecular complexity index is 1080. The van der Waals surface area contributed by atoms with Crippen LogP contribution in [0.4, 0.5) is 5.00 Å². The summed E-state index contributed by atoms with van der Waals surface area (Å²) >= 11 is 1.52. The molecule has 2 heterocycles. The lowest BCUT2D eigenvalue weighted by molar-refractivity contribution is -0.913. The van der Waals surface area contributed by atoms with Crippen molar-refractivity contribution in [2.24, 2.45) is 0 Å². The smallest absolute Gasteiger partial charge is 0.341 e. The molecule has 0 fully saturated rings. The first kappa shape index (κ1) is 20.6. The Morgan fingerprint density at radius 3 is 2.73 bits per heavy atom. The number of amides is 1. The van der Waals surface area contributed by atoms with Crippen LogP contribution in [0.5, 0.6) is 0 Å². The lowest BCUT2D eigenvalue weighted by Crippen LogP contribution is -3.11. The zero-order chi connectivity index (χ0) is 21.1. The molecule has 0 aliphatic carbocycles. The number of benzene rings is 2. The van der Waals surface area contributed by atoms with Gasteiger partial charge in [0.1, 0.15) is 11.5 Å². The molecule has 1 atom stereocenters. The number of fused-ring (bicyclic) bond motifs is 2. The molecule has 1 aliphatic heterocycles. The van der Waals surface area contributed by atoms with Gasteiger partial charge in [-0.3, -0.25) is 4.79 Å². The van der Waals surface area contributed by atoms with Gasteiger partial charge >= 0.3 is 5.97 Å². The van der Waals surface area contributed by atoms with Gasteiger partial charge in [0.05, 0.1) is 36.6 Å². The summed E-state index contributed by atoms with van der Waals surface area (Å²) in [4.78, 5) is 28.3. The predicted molar refractivity (Wildman–Crippen MR) is 120 cm³/mol. The first-order chi connectivity index (χ1) is 14.6. The van der Waals surface area contributed by atoms with Gasteiger partial charge in [-0.25, -0.2) is 4.79 Å². The van der Waals surface area contributed by atoms with E-state index in [1.54, 1.807) is 6.92 Å². The van der Waals surface area contributed by atoms with Crippen LogP contribution in [-0.2, 0) is 28.9 Å². The molecular formula is C24H27N2O3S+. The number of carbonyl (C=O) groups excluding carboxylic acids is 2. The molecule has 0 spiro atoms. The van der Waals surface area contributed by atoms with Crippen LogP contribution in [0.15, 0.2) is 42.5 Å². The number of nitrogens with one attached hydrogen (secondary N) is 2. The van der Waals surface area contributed by atoms with Gasteiger partial charge < -0.3 is 15.0 Å². The molecule has 2 N–H and O–H groups in total.